The first-order valence-electron chi connectivity index (χ1n) is 11.9. The summed E-state index contributed by atoms with van der Waals surface area (Å²) in [5.41, 5.74) is 4.95. The number of halogens is 3. The van der Waals surface area contributed by atoms with Gasteiger partial charge in [-0.1, -0.05) is 51.8 Å². The number of hydrogen-bond donors (Lipinski definition) is 2. The maximum Gasteiger partial charge on any atom is 0.343 e. The number of methoxy groups -OCH3 is 1. The van der Waals surface area contributed by atoms with Gasteiger partial charge in [0.2, 0.25) is 0 Å². The first-order valence-corrected chi connectivity index (χ1v) is 13.1. The van der Waals surface area contributed by atoms with E-state index in [2.05, 4.69) is 31.4 Å². The molecule has 1 aromatic heterocycles. The van der Waals surface area contributed by atoms with Crippen LogP contribution in [0.4, 0.5) is 4.39 Å². The number of nitrogens with one attached hydrogen (secondary N) is 2. The average Bonchev–Trinajstić information content (AvgIpc) is 3.33. The van der Waals surface area contributed by atoms with E-state index in [0.717, 1.165) is 0 Å². The van der Waals surface area contributed by atoms with Crippen molar-refractivity contribution in [3.63, 3.8) is 0 Å². The second kappa shape index (κ2) is 11.7. The molecule has 5 rings (SSSR count). The fraction of sp³-hybridized carbons (Fsp3) is 0.0333. The topological polar surface area (TPSA) is 92.8 Å². The Hall–Kier alpha value is -4.47. The van der Waals surface area contributed by atoms with Crippen LogP contribution in [-0.4, -0.2) is 30.2 Å². The first-order chi connectivity index (χ1) is 19.3. The average molecular weight is 621 g/mol. The highest BCUT2D eigenvalue weighted by Crippen LogP contribution is 2.37. The Balaban J connectivity index is 1.42. The molecule has 0 aliphatic carbocycles. The molecule has 10 heteroatoms. The van der Waals surface area contributed by atoms with Crippen LogP contribution in [0, 0.1) is 5.82 Å². The predicted molar refractivity (Wildman–Crippen MR) is 156 cm³/mol. The summed E-state index contributed by atoms with van der Waals surface area (Å²) in [7, 11) is 1.51. The summed E-state index contributed by atoms with van der Waals surface area (Å²) in [6.45, 7) is 0. The van der Waals surface area contributed by atoms with Gasteiger partial charge in [0.15, 0.2) is 0 Å². The van der Waals surface area contributed by atoms with Crippen LogP contribution >= 0.6 is 27.5 Å². The quantitative estimate of drug-likeness (QED) is 0.0859. The fourth-order valence-electron chi connectivity index (χ4n) is 4.12. The molecule has 0 atom stereocenters. The number of ether oxygens (including phenoxy) is 2. The van der Waals surface area contributed by atoms with Gasteiger partial charge in [0.25, 0.3) is 5.91 Å². The normalized spacial score (nSPS) is 11.1. The zero-order valence-corrected chi connectivity index (χ0v) is 23.2. The smallest absolute Gasteiger partial charge is 0.343 e. The number of rotatable bonds is 7. The molecule has 0 saturated heterocycles. The molecule has 2 N–H and O–H groups in total. The zero-order valence-electron chi connectivity index (χ0n) is 20.9. The van der Waals surface area contributed by atoms with Crippen molar-refractivity contribution in [1.82, 2.24) is 10.4 Å². The van der Waals surface area contributed by atoms with Gasteiger partial charge in [-0.2, -0.15) is 5.10 Å². The highest BCUT2D eigenvalue weighted by molar-refractivity contribution is 9.10. The molecule has 0 bridgehead atoms. The Kier molecular flexibility index (Phi) is 7.95. The molecule has 7 nitrogen and oxygen atoms in total. The maximum absolute atomic E-state index is 14.1. The number of carbonyl (C=O) groups excluding carboxylic acids is 2. The van der Waals surface area contributed by atoms with Crippen molar-refractivity contribution in [3.8, 4) is 22.6 Å². The van der Waals surface area contributed by atoms with Crippen LogP contribution in [0.2, 0.25) is 5.02 Å². The van der Waals surface area contributed by atoms with Gasteiger partial charge in [-0.25, -0.2) is 14.6 Å². The molecule has 0 saturated carbocycles. The molecule has 0 fully saturated rings. The first kappa shape index (κ1) is 27.1. The molecule has 0 aliphatic heterocycles. The van der Waals surface area contributed by atoms with Crippen molar-refractivity contribution < 1.29 is 23.5 Å². The van der Waals surface area contributed by atoms with Crippen LogP contribution in [0.1, 0.15) is 26.4 Å². The number of aromatic nitrogens is 1. The van der Waals surface area contributed by atoms with Crippen LogP contribution in [-0.2, 0) is 0 Å². The summed E-state index contributed by atoms with van der Waals surface area (Å²) in [6, 6.07) is 22.8. The van der Waals surface area contributed by atoms with Crippen molar-refractivity contribution in [3.05, 3.63) is 117 Å². The van der Waals surface area contributed by atoms with Gasteiger partial charge < -0.3 is 14.5 Å². The number of amides is 1. The van der Waals surface area contributed by atoms with E-state index in [9.17, 15) is 14.0 Å². The van der Waals surface area contributed by atoms with Gasteiger partial charge in [0.1, 0.15) is 23.0 Å². The predicted octanol–water partition coefficient (Wildman–Crippen LogP) is 7.38. The molecule has 200 valence electrons. The zero-order chi connectivity index (χ0) is 28.2. The second-order valence-electron chi connectivity index (χ2n) is 8.55. The van der Waals surface area contributed by atoms with Gasteiger partial charge in [0.05, 0.1) is 18.9 Å². The number of H-pyrrole nitrogens is 1. The number of benzene rings is 4. The van der Waals surface area contributed by atoms with E-state index in [-0.39, 0.29) is 11.4 Å². The van der Waals surface area contributed by atoms with E-state index in [4.69, 9.17) is 21.1 Å². The molecular weight excluding hydrogens is 601 g/mol. The summed E-state index contributed by atoms with van der Waals surface area (Å²) >= 11 is 9.83. The number of aromatic amines is 1. The number of hydrogen-bond acceptors (Lipinski definition) is 5. The Morgan fingerprint density at radius 3 is 2.65 bits per heavy atom. The number of nitrogens with zero attached hydrogens (tertiary/aromatic N) is 1. The van der Waals surface area contributed by atoms with Crippen molar-refractivity contribution in [1.29, 1.82) is 0 Å². The van der Waals surface area contributed by atoms with Crippen LogP contribution in [0.25, 0.3) is 22.0 Å². The van der Waals surface area contributed by atoms with Crippen molar-refractivity contribution in [2.45, 2.75) is 0 Å². The van der Waals surface area contributed by atoms with Gasteiger partial charge >= 0.3 is 5.97 Å². The van der Waals surface area contributed by atoms with E-state index in [0.29, 0.717) is 48.4 Å². The Morgan fingerprint density at radius 1 is 1.02 bits per heavy atom. The van der Waals surface area contributed by atoms with E-state index in [1.807, 2.05) is 0 Å². The van der Waals surface area contributed by atoms with Gasteiger partial charge in [-0.3, -0.25) is 4.79 Å². The molecular formula is C30H20BrClFN3O4. The van der Waals surface area contributed by atoms with Gasteiger partial charge in [-0.05, 0) is 60.7 Å². The van der Waals surface area contributed by atoms with Crippen molar-refractivity contribution >= 4 is 56.5 Å². The molecule has 0 unspecified atom stereocenters. The summed E-state index contributed by atoms with van der Waals surface area (Å²) in [6.07, 6.45) is 1.36. The van der Waals surface area contributed by atoms with E-state index >= 15 is 0 Å². The lowest BCUT2D eigenvalue weighted by Crippen LogP contribution is -2.19. The lowest BCUT2D eigenvalue weighted by atomic mass is 10.0. The minimum absolute atomic E-state index is 0.157. The third-order valence-electron chi connectivity index (χ3n) is 5.98. The third-order valence-corrected chi connectivity index (χ3v) is 6.80. The number of carbonyl (C=O) groups is 2. The molecule has 0 aliphatic rings. The van der Waals surface area contributed by atoms with Crippen molar-refractivity contribution in [2.24, 2.45) is 5.10 Å². The molecule has 0 radical (unpaired) electrons. The monoisotopic (exact) mass is 619 g/mol. The summed E-state index contributed by atoms with van der Waals surface area (Å²) in [4.78, 5) is 29.1. The lowest BCUT2D eigenvalue weighted by Gasteiger charge is -2.09. The van der Waals surface area contributed by atoms with E-state index in [1.54, 1.807) is 72.8 Å². The Morgan fingerprint density at radius 2 is 1.85 bits per heavy atom. The van der Waals surface area contributed by atoms with Crippen LogP contribution < -0.4 is 14.9 Å². The standard InChI is InChI=1S/C30H20BrClFN3O4/c1-39-21-6-4-5-17(14-21)30(38)40-26-12-9-19(31)13-18(26)16-34-36-29(37)28-27(22-7-2-3-8-24(22)32)23-15-20(33)10-11-25(23)35-28/h2-16,35H,1H3,(H,36,37). The van der Waals surface area contributed by atoms with Gasteiger partial charge in [0, 0.05) is 37.1 Å². The Labute approximate surface area is 241 Å². The second-order valence-corrected chi connectivity index (χ2v) is 9.87. The molecule has 1 amide bonds. The summed E-state index contributed by atoms with van der Waals surface area (Å²) in [5, 5.41) is 4.99. The van der Waals surface area contributed by atoms with Crippen LogP contribution in [0.5, 0.6) is 11.5 Å². The number of esters is 1. The molecule has 5 aromatic rings. The minimum Gasteiger partial charge on any atom is -0.497 e. The lowest BCUT2D eigenvalue weighted by molar-refractivity contribution is 0.0733. The van der Waals surface area contributed by atoms with Crippen molar-refractivity contribution in [2.75, 3.05) is 7.11 Å². The molecule has 4 aromatic carbocycles. The molecule has 40 heavy (non-hydrogen) atoms. The number of fused-ring (bicyclic) bond motifs is 1. The van der Waals surface area contributed by atoms with E-state index < -0.39 is 17.7 Å². The highest BCUT2D eigenvalue weighted by Gasteiger charge is 2.21. The molecule has 0 spiro atoms. The third kappa shape index (κ3) is 5.75. The SMILES string of the molecule is COc1cccc(C(=O)Oc2ccc(Br)cc2C=NNC(=O)c2[nH]c3ccc(F)cc3c2-c2ccccc2Cl)c1. The minimum atomic E-state index is -0.588. The maximum atomic E-state index is 14.1. The van der Waals surface area contributed by atoms with E-state index in [1.165, 1.54) is 25.5 Å². The fourth-order valence-corrected chi connectivity index (χ4v) is 4.73. The van der Waals surface area contributed by atoms with Gasteiger partial charge in [-0.15, -0.1) is 0 Å². The highest BCUT2D eigenvalue weighted by atomic mass is 79.9. The summed E-state index contributed by atoms with van der Waals surface area (Å²) < 4.78 is 25.6. The van der Waals surface area contributed by atoms with Crippen LogP contribution in [0.3, 0.4) is 0 Å². The molecule has 1 heterocycles. The largest absolute Gasteiger partial charge is 0.497 e. The Bertz CT molecular complexity index is 1790. The van der Waals surface area contributed by atoms with Crippen LogP contribution in [0.15, 0.2) is 94.5 Å². The summed E-state index contributed by atoms with van der Waals surface area (Å²) in [5.74, 6) is -0.866. The number of hydrazone groups is 1.